The van der Waals surface area contributed by atoms with Crippen LogP contribution in [0, 0.1) is 0 Å². The van der Waals surface area contributed by atoms with Gasteiger partial charge in [-0.25, -0.2) is 0 Å². The first-order chi connectivity index (χ1) is 10.3. The lowest BCUT2D eigenvalue weighted by Gasteiger charge is -2.40. The van der Waals surface area contributed by atoms with Gasteiger partial charge < -0.3 is 23.7 Å². The highest BCUT2D eigenvalue weighted by molar-refractivity contribution is 4.95. The summed E-state index contributed by atoms with van der Waals surface area (Å²) in [7, 11) is 0. The predicted molar refractivity (Wildman–Crippen MR) is 74.9 cm³/mol. The van der Waals surface area contributed by atoms with Crippen molar-refractivity contribution in [2.24, 2.45) is 0 Å². The molecule has 0 aromatic carbocycles. The molecule has 0 aromatic heterocycles. The molecule has 1 aliphatic carbocycles. The summed E-state index contributed by atoms with van der Waals surface area (Å²) in [5, 5.41) is 0. The third-order valence-corrected chi connectivity index (χ3v) is 5.12. The molecule has 0 radical (unpaired) electrons. The second-order valence-electron chi connectivity index (χ2n) is 6.75. The average Bonchev–Trinajstić information content (AvgIpc) is 3.22. The van der Waals surface area contributed by atoms with E-state index in [-0.39, 0.29) is 12.2 Å². The lowest BCUT2D eigenvalue weighted by Crippen LogP contribution is -2.45. The van der Waals surface area contributed by atoms with E-state index in [2.05, 4.69) is 0 Å². The van der Waals surface area contributed by atoms with Gasteiger partial charge in [-0.05, 0) is 25.7 Å². The lowest BCUT2D eigenvalue weighted by molar-refractivity contribution is -0.284. The van der Waals surface area contributed by atoms with Crippen LogP contribution in [0.4, 0.5) is 0 Å². The zero-order chi connectivity index (χ0) is 14.2. The van der Waals surface area contributed by atoms with Crippen LogP contribution in [-0.4, -0.2) is 50.2 Å². The van der Waals surface area contributed by atoms with E-state index in [1.807, 2.05) is 0 Å². The summed E-state index contributed by atoms with van der Waals surface area (Å²) in [6.07, 6.45) is 8.28. The van der Waals surface area contributed by atoms with Crippen molar-refractivity contribution in [3.05, 3.63) is 0 Å². The summed E-state index contributed by atoms with van der Waals surface area (Å²) in [4.78, 5) is 0. The number of epoxide rings is 1. The number of rotatable bonds is 0. The van der Waals surface area contributed by atoms with Crippen molar-refractivity contribution in [1.29, 1.82) is 0 Å². The Balaban J connectivity index is 1.44. The molecule has 5 nitrogen and oxygen atoms in total. The standard InChI is InChI=1S/C16H26O5/c1-2-6-16(19-9-4-10-20-16)12-14-13(21-14)11-15(5-1)17-7-3-8-18-15/h13-14H,1-12H2/t13-,14+. The van der Waals surface area contributed by atoms with E-state index in [0.29, 0.717) is 0 Å². The monoisotopic (exact) mass is 298 g/mol. The van der Waals surface area contributed by atoms with Crippen molar-refractivity contribution >= 4 is 0 Å². The second kappa shape index (κ2) is 5.78. The highest BCUT2D eigenvalue weighted by atomic mass is 16.7. The molecule has 2 spiro atoms. The molecule has 0 aromatic rings. The summed E-state index contributed by atoms with van der Waals surface area (Å²) in [5.41, 5.74) is 0. The molecule has 21 heavy (non-hydrogen) atoms. The molecular weight excluding hydrogens is 272 g/mol. The van der Waals surface area contributed by atoms with E-state index in [1.54, 1.807) is 0 Å². The average molecular weight is 298 g/mol. The third kappa shape index (κ3) is 3.13. The van der Waals surface area contributed by atoms with Crippen molar-refractivity contribution in [1.82, 2.24) is 0 Å². The Kier molecular flexibility index (Phi) is 3.96. The van der Waals surface area contributed by atoms with Gasteiger partial charge in [-0.1, -0.05) is 0 Å². The van der Waals surface area contributed by atoms with E-state index >= 15 is 0 Å². The Labute approximate surface area is 126 Å². The molecule has 3 heterocycles. The molecule has 5 heteroatoms. The van der Waals surface area contributed by atoms with Gasteiger partial charge >= 0.3 is 0 Å². The van der Waals surface area contributed by atoms with E-state index in [9.17, 15) is 0 Å². The van der Waals surface area contributed by atoms with Crippen molar-refractivity contribution in [3.8, 4) is 0 Å². The maximum Gasteiger partial charge on any atom is 0.170 e. The summed E-state index contributed by atoms with van der Waals surface area (Å²) >= 11 is 0. The zero-order valence-electron chi connectivity index (χ0n) is 12.7. The van der Waals surface area contributed by atoms with E-state index in [0.717, 1.165) is 77.8 Å². The first-order valence-electron chi connectivity index (χ1n) is 8.51. The Morgan fingerprint density at radius 2 is 1.00 bits per heavy atom. The second-order valence-corrected chi connectivity index (χ2v) is 6.75. The smallest absolute Gasteiger partial charge is 0.170 e. The van der Waals surface area contributed by atoms with Gasteiger partial charge in [-0.3, -0.25) is 0 Å². The minimum atomic E-state index is -0.392. The van der Waals surface area contributed by atoms with Crippen LogP contribution in [0.15, 0.2) is 0 Å². The number of ether oxygens (including phenoxy) is 5. The Bertz CT molecular complexity index is 326. The highest BCUT2D eigenvalue weighted by Crippen LogP contribution is 2.44. The molecule has 0 bridgehead atoms. The zero-order valence-corrected chi connectivity index (χ0v) is 12.7. The van der Waals surface area contributed by atoms with Crippen molar-refractivity contribution in [3.63, 3.8) is 0 Å². The van der Waals surface area contributed by atoms with Crippen LogP contribution in [0.5, 0.6) is 0 Å². The van der Waals surface area contributed by atoms with E-state index in [1.165, 1.54) is 0 Å². The molecule has 0 amide bonds. The molecule has 4 rings (SSSR count). The Hall–Kier alpha value is -0.200. The van der Waals surface area contributed by atoms with E-state index < -0.39 is 11.6 Å². The van der Waals surface area contributed by atoms with Crippen molar-refractivity contribution in [2.45, 2.75) is 75.1 Å². The molecule has 4 fully saturated rings. The van der Waals surface area contributed by atoms with Crippen LogP contribution in [0.1, 0.15) is 51.4 Å². The van der Waals surface area contributed by atoms with Crippen LogP contribution in [0.25, 0.3) is 0 Å². The summed E-state index contributed by atoms with van der Waals surface area (Å²) < 4.78 is 29.9. The molecule has 120 valence electrons. The molecule has 0 unspecified atom stereocenters. The molecule has 2 atom stereocenters. The van der Waals surface area contributed by atoms with Crippen LogP contribution in [0.2, 0.25) is 0 Å². The van der Waals surface area contributed by atoms with Gasteiger partial charge in [0.2, 0.25) is 0 Å². The Morgan fingerprint density at radius 3 is 1.43 bits per heavy atom. The molecule has 3 aliphatic heterocycles. The maximum atomic E-state index is 6.01. The SMILES string of the molecule is C1COC2(CCCCC3(C[C@H]4O[C@H]4C2)OCCCO3)OC1. The summed E-state index contributed by atoms with van der Waals surface area (Å²) in [6, 6.07) is 0. The maximum absolute atomic E-state index is 6.01. The number of fused-ring (bicyclic) bond motifs is 1. The fourth-order valence-corrected chi connectivity index (χ4v) is 3.90. The van der Waals surface area contributed by atoms with Crippen molar-refractivity contribution < 1.29 is 23.7 Å². The van der Waals surface area contributed by atoms with Crippen LogP contribution >= 0.6 is 0 Å². The quantitative estimate of drug-likeness (QED) is 0.643. The normalized spacial score (nSPS) is 38.9. The lowest BCUT2D eigenvalue weighted by atomic mass is 9.92. The molecule has 4 aliphatic rings. The molecular formula is C16H26O5. The number of hydrogen-bond donors (Lipinski definition) is 0. The molecule has 3 saturated heterocycles. The van der Waals surface area contributed by atoms with Gasteiger partial charge in [0.25, 0.3) is 0 Å². The molecule has 1 saturated carbocycles. The first kappa shape index (κ1) is 14.4. The minimum absolute atomic E-state index is 0.243. The van der Waals surface area contributed by atoms with Crippen LogP contribution in [-0.2, 0) is 23.7 Å². The fourth-order valence-electron chi connectivity index (χ4n) is 3.90. The summed E-state index contributed by atoms with van der Waals surface area (Å²) in [5.74, 6) is -0.785. The van der Waals surface area contributed by atoms with Crippen LogP contribution in [0.3, 0.4) is 0 Å². The summed E-state index contributed by atoms with van der Waals surface area (Å²) in [6.45, 7) is 3.25. The predicted octanol–water partition coefficient (Wildman–Crippen LogP) is 2.37. The van der Waals surface area contributed by atoms with Crippen molar-refractivity contribution in [2.75, 3.05) is 26.4 Å². The molecule has 0 N–H and O–H groups in total. The van der Waals surface area contributed by atoms with Gasteiger partial charge in [0.1, 0.15) is 0 Å². The van der Waals surface area contributed by atoms with E-state index in [4.69, 9.17) is 23.7 Å². The number of hydrogen-bond acceptors (Lipinski definition) is 5. The van der Waals surface area contributed by atoms with Gasteiger partial charge in [0.15, 0.2) is 11.6 Å². The fraction of sp³-hybridized carbons (Fsp3) is 1.00. The first-order valence-corrected chi connectivity index (χ1v) is 8.51. The largest absolute Gasteiger partial charge is 0.369 e. The Morgan fingerprint density at radius 1 is 0.571 bits per heavy atom. The minimum Gasteiger partial charge on any atom is -0.369 e. The van der Waals surface area contributed by atoms with Gasteiger partial charge in [-0.2, -0.15) is 0 Å². The highest BCUT2D eigenvalue weighted by Gasteiger charge is 2.52. The van der Waals surface area contributed by atoms with Gasteiger partial charge in [0, 0.05) is 25.7 Å². The van der Waals surface area contributed by atoms with Gasteiger partial charge in [0.05, 0.1) is 38.6 Å². The van der Waals surface area contributed by atoms with Crippen LogP contribution < -0.4 is 0 Å². The third-order valence-electron chi connectivity index (χ3n) is 5.12. The van der Waals surface area contributed by atoms with Gasteiger partial charge in [-0.15, -0.1) is 0 Å². The topological polar surface area (TPSA) is 49.5 Å².